The van der Waals surface area contributed by atoms with Crippen LogP contribution >= 0.6 is 34.2 Å². The van der Waals surface area contributed by atoms with Crippen molar-refractivity contribution >= 4 is 40.2 Å². The maximum atomic E-state index is 12.7. The van der Waals surface area contributed by atoms with Crippen molar-refractivity contribution in [2.75, 3.05) is 7.11 Å². The predicted octanol–water partition coefficient (Wildman–Crippen LogP) is 3.06. The van der Waals surface area contributed by atoms with E-state index in [0.717, 1.165) is 13.3 Å². The lowest BCUT2D eigenvalue weighted by Crippen LogP contribution is -2.09. The molecular weight excluding hydrogens is 342 g/mol. The molecule has 0 saturated heterocycles. The third-order valence-corrected chi connectivity index (χ3v) is 3.34. The molecule has 0 amide bonds. The minimum Gasteiger partial charge on any atom is -0.465 e. The van der Waals surface area contributed by atoms with Crippen molar-refractivity contribution in [1.29, 1.82) is 0 Å². The van der Waals surface area contributed by atoms with Crippen LogP contribution in [-0.2, 0) is 4.74 Å². The van der Waals surface area contributed by atoms with Crippen molar-refractivity contribution in [3.63, 3.8) is 0 Å². The number of methoxy groups -OCH3 is 1. The van der Waals surface area contributed by atoms with Gasteiger partial charge in [-0.2, -0.15) is 0 Å². The van der Waals surface area contributed by atoms with Crippen LogP contribution in [0.15, 0.2) is 6.20 Å². The molecule has 0 bridgehead atoms. The predicted molar refractivity (Wildman–Crippen MR) is 58.3 cm³/mol. The minimum atomic E-state index is -2.80. The monoisotopic (exact) mass is 347 g/mol. The molecule has 0 spiro atoms. The van der Waals surface area contributed by atoms with Crippen molar-refractivity contribution in [3.05, 3.63) is 26.0 Å². The Balaban J connectivity index is 3.40. The van der Waals surface area contributed by atoms with Gasteiger partial charge in [-0.3, -0.25) is 0 Å². The van der Waals surface area contributed by atoms with Crippen LogP contribution in [0.2, 0.25) is 5.15 Å². The van der Waals surface area contributed by atoms with Crippen LogP contribution in [0.3, 0.4) is 0 Å². The van der Waals surface area contributed by atoms with Crippen LogP contribution in [0, 0.1) is 3.57 Å². The first-order valence-electron chi connectivity index (χ1n) is 3.69. The number of hydrogen-bond donors (Lipinski definition) is 0. The highest BCUT2D eigenvalue weighted by molar-refractivity contribution is 14.1. The molecule has 0 radical (unpaired) electrons. The van der Waals surface area contributed by atoms with Gasteiger partial charge in [-0.05, 0) is 22.6 Å². The molecule has 0 unspecified atom stereocenters. The summed E-state index contributed by atoms with van der Waals surface area (Å²) in [4.78, 5) is 14.8. The molecule has 0 aromatic carbocycles. The number of nitrogens with zero attached hydrogens (tertiary/aromatic N) is 1. The van der Waals surface area contributed by atoms with E-state index >= 15 is 0 Å². The molecule has 0 aliphatic rings. The van der Waals surface area contributed by atoms with E-state index in [2.05, 4.69) is 9.72 Å². The van der Waals surface area contributed by atoms with Crippen LogP contribution < -0.4 is 0 Å². The summed E-state index contributed by atoms with van der Waals surface area (Å²) < 4.78 is 29.8. The first-order valence-corrected chi connectivity index (χ1v) is 5.15. The van der Waals surface area contributed by atoms with Gasteiger partial charge in [-0.25, -0.2) is 18.6 Å². The van der Waals surface area contributed by atoms with Crippen LogP contribution in [0.25, 0.3) is 0 Å². The van der Waals surface area contributed by atoms with Gasteiger partial charge in [-0.15, -0.1) is 0 Å². The number of aromatic nitrogens is 1. The normalized spacial score (nSPS) is 10.5. The minimum absolute atomic E-state index is 0.0569. The van der Waals surface area contributed by atoms with E-state index in [1.165, 1.54) is 0 Å². The summed E-state index contributed by atoms with van der Waals surface area (Å²) in [6.45, 7) is 0. The largest absolute Gasteiger partial charge is 0.465 e. The fourth-order valence-corrected chi connectivity index (χ4v) is 1.78. The number of rotatable bonds is 2. The third-order valence-electron chi connectivity index (χ3n) is 1.64. The second-order valence-corrected chi connectivity index (χ2v) is 3.92. The highest BCUT2D eigenvalue weighted by Gasteiger charge is 2.24. The zero-order valence-electron chi connectivity index (χ0n) is 7.43. The van der Waals surface area contributed by atoms with E-state index in [0.29, 0.717) is 0 Å². The second kappa shape index (κ2) is 5.02. The molecule has 0 aliphatic carbocycles. The summed E-state index contributed by atoms with van der Waals surface area (Å²) in [6, 6.07) is 0. The molecule has 82 valence electrons. The Morgan fingerprint density at radius 1 is 1.67 bits per heavy atom. The van der Waals surface area contributed by atoms with Gasteiger partial charge in [-0.1, -0.05) is 11.6 Å². The lowest BCUT2D eigenvalue weighted by molar-refractivity contribution is 0.0588. The van der Waals surface area contributed by atoms with E-state index in [4.69, 9.17) is 11.6 Å². The number of esters is 1. The van der Waals surface area contributed by atoms with E-state index in [1.807, 2.05) is 0 Å². The van der Waals surface area contributed by atoms with Gasteiger partial charge in [0.25, 0.3) is 6.43 Å². The number of alkyl halides is 2. The third kappa shape index (κ3) is 2.54. The number of halogens is 4. The van der Waals surface area contributed by atoms with Gasteiger partial charge < -0.3 is 4.74 Å². The van der Waals surface area contributed by atoms with Crippen LogP contribution in [0.4, 0.5) is 8.78 Å². The number of carbonyl (C=O) groups excluding carboxylic acids is 1. The van der Waals surface area contributed by atoms with E-state index in [-0.39, 0.29) is 14.3 Å². The summed E-state index contributed by atoms with van der Waals surface area (Å²) in [5, 5.41) is -0.0569. The van der Waals surface area contributed by atoms with Gasteiger partial charge in [0, 0.05) is 6.20 Å². The quantitative estimate of drug-likeness (QED) is 0.469. The summed E-state index contributed by atoms with van der Waals surface area (Å²) in [7, 11) is 1.11. The maximum absolute atomic E-state index is 12.7. The average molecular weight is 347 g/mol. The van der Waals surface area contributed by atoms with Crippen molar-refractivity contribution in [3.8, 4) is 0 Å². The number of ether oxygens (including phenoxy) is 1. The first kappa shape index (κ1) is 12.6. The average Bonchev–Trinajstić information content (AvgIpc) is 2.20. The van der Waals surface area contributed by atoms with Gasteiger partial charge in [0.05, 0.1) is 21.8 Å². The summed E-state index contributed by atoms with van der Waals surface area (Å²) in [5.74, 6) is -0.854. The Morgan fingerprint density at radius 3 is 2.73 bits per heavy atom. The molecule has 0 atom stereocenters. The Labute approximate surface area is 103 Å². The maximum Gasteiger partial charge on any atom is 0.339 e. The molecule has 15 heavy (non-hydrogen) atoms. The molecule has 1 aromatic rings. The van der Waals surface area contributed by atoms with Crippen molar-refractivity contribution in [2.24, 2.45) is 0 Å². The zero-order chi connectivity index (χ0) is 11.6. The van der Waals surface area contributed by atoms with Gasteiger partial charge >= 0.3 is 5.97 Å². The van der Waals surface area contributed by atoms with Crippen molar-refractivity contribution in [2.45, 2.75) is 6.43 Å². The zero-order valence-corrected chi connectivity index (χ0v) is 10.3. The highest BCUT2D eigenvalue weighted by atomic mass is 127. The number of pyridine rings is 1. The van der Waals surface area contributed by atoms with Gasteiger partial charge in [0.15, 0.2) is 0 Å². The molecule has 1 rings (SSSR count). The molecule has 3 nitrogen and oxygen atoms in total. The molecule has 0 fully saturated rings. The fraction of sp³-hybridized carbons (Fsp3) is 0.250. The highest BCUT2D eigenvalue weighted by Crippen LogP contribution is 2.31. The van der Waals surface area contributed by atoms with E-state index in [1.54, 1.807) is 22.6 Å². The smallest absolute Gasteiger partial charge is 0.339 e. The summed E-state index contributed by atoms with van der Waals surface area (Å²) in [5.41, 5.74) is -0.705. The first-order chi connectivity index (χ1) is 6.99. The molecule has 1 aromatic heterocycles. The Hall–Kier alpha value is -0.500. The molecule has 1 heterocycles. The lowest BCUT2D eigenvalue weighted by atomic mass is 10.1. The number of carbonyl (C=O) groups is 1. The van der Waals surface area contributed by atoms with Crippen LogP contribution in [0.5, 0.6) is 0 Å². The van der Waals surface area contributed by atoms with E-state index in [9.17, 15) is 13.6 Å². The Kier molecular flexibility index (Phi) is 4.21. The van der Waals surface area contributed by atoms with Crippen LogP contribution in [-0.4, -0.2) is 18.1 Å². The molecule has 0 N–H and O–H groups in total. The van der Waals surface area contributed by atoms with Gasteiger partial charge in [0.1, 0.15) is 5.15 Å². The van der Waals surface area contributed by atoms with E-state index < -0.39 is 18.0 Å². The molecule has 0 aliphatic heterocycles. The van der Waals surface area contributed by atoms with Crippen molar-refractivity contribution < 1.29 is 18.3 Å². The Bertz CT molecular complexity index is 400. The van der Waals surface area contributed by atoms with Crippen LogP contribution in [0.1, 0.15) is 22.3 Å². The van der Waals surface area contributed by atoms with Crippen molar-refractivity contribution in [1.82, 2.24) is 4.98 Å². The molecule has 7 heteroatoms. The van der Waals surface area contributed by atoms with Gasteiger partial charge in [0.2, 0.25) is 0 Å². The SMILES string of the molecule is COC(=O)c1cnc(Cl)c(I)c1C(F)F. The Morgan fingerprint density at radius 2 is 2.27 bits per heavy atom. The topological polar surface area (TPSA) is 39.2 Å². The molecular formula is C8H5ClF2INO2. The fourth-order valence-electron chi connectivity index (χ4n) is 0.963. The number of hydrogen-bond acceptors (Lipinski definition) is 3. The summed E-state index contributed by atoms with van der Waals surface area (Å²) >= 11 is 7.19. The summed E-state index contributed by atoms with van der Waals surface area (Å²) in [6.07, 6.45) is -1.82. The second-order valence-electron chi connectivity index (χ2n) is 2.48. The standard InChI is InChI=1S/C8H5ClF2INO2/c1-15-8(14)3-2-13-6(9)5(12)4(3)7(10)11/h2,7H,1H3. The molecule has 0 saturated carbocycles. The lowest BCUT2D eigenvalue weighted by Gasteiger charge is -2.09.